The van der Waals surface area contributed by atoms with Crippen molar-refractivity contribution in [1.82, 2.24) is 10.2 Å². The van der Waals surface area contributed by atoms with E-state index in [1.807, 2.05) is 0 Å². The van der Waals surface area contributed by atoms with E-state index in [-0.39, 0.29) is 27.8 Å². The van der Waals surface area contributed by atoms with Gasteiger partial charge in [0, 0.05) is 24.2 Å². The summed E-state index contributed by atoms with van der Waals surface area (Å²) < 4.78 is 39.9. The Morgan fingerprint density at radius 1 is 1.16 bits per heavy atom. The molecule has 31 heavy (non-hydrogen) atoms. The van der Waals surface area contributed by atoms with Gasteiger partial charge in [-0.25, -0.2) is 12.8 Å². The van der Waals surface area contributed by atoms with E-state index in [4.69, 9.17) is 23.2 Å². The van der Waals surface area contributed by atoms with Crippen LogP contribution in [0.25, 0.3) is 0 Å². The summed E-state index contributed by atoms with van der Waals surface area (Å²) >= 11 is 12.1. The quantitative estimate of drug-likeness (QED) is 0.617. The highest BCUT2D eigenvalue weighted by Crippen LogP contribution is 2.31. The summed E-state index contributed by atoms with van der Waals surface area (Å²) in [5, 5.41) is 2.73. The molecule has 1 N–H and O–H groups in total. The first-order valence-electron chi connectivity index (χ1n) is 9.13. The van der Waals surface area contributed by atoms with Crippen LogP contribution in [0.15, 0.2) is 42.5 Å². The lowest BCUT2D eigenvalue weighted by Gasteiger charge is -2.31. The SMILES string of the molecule is CNC(=O)[C@H](C)N(Cc1ccccc1F)C(=O)CN(c1cc(Cl)ccc1Cl)S(C)(=O)=O. The van der Waals surface area contributed by atoms with E-state index in [9.17, 15) is 22.4 Å². The molecule has 168 valence electrons. The molecule has 0 aromatic heterocycles. The van der Waals surface area contributed by atoms with Crippen LogP contribution in [0, 0.1) is 5.82 Å². The van der Waals surface area contributed by atoms with Gasteiger partial charge in [-0.1, -0.05) is 41.4 Å². The molecule has 7 nitrogen and oxygen atoms in total. The van der Waals surface area contributed by atoms with Gasteiger partial charge >= 0.3 is 0 Å². The van der Waals surface area contributed by atoms with Crippen LogP contribution in [0.2, 0.25) is 10.0 Å². The molecule has 11 heteroatoms. The van der Waals surface area contributed by atoms with Crippen molar-refractivity contribution in [2.24, 2.45) is 0 Å². The Hall–Kier alpha value is -2.36. The summed E-state index contributed by atoms with van der Waals surface area (Å²) in [4.78, 5) is 26.5. The van der Waals surface area contributed by atoms with Crippen molar-refractivity contribution in [3.63, 3.8) is 0 Å². The van der Waals surface area contributed by atoms with Crippen LogP contribution in [0.4, 0.5) is 10.1 Å². The number of likely N-dealkylation sites (N-methyl/N-ethyl adjacent to an activating group) is 1. The Balaban J connectivity index is 2.45. The van der Waals surface area contributed by atoms with Crippen LogP contribution in [0.5, 0.6) is 0 Å². The van der Waals surface area contributed by atoms with Gasteiger partial charge in [0.15, 0.2) is 0 Å². The summed E-state index contributed by atoms with van der Waals surface area (Å²) in [6, 6.07) is 9.03. The first kappa shape index (κ1) is 24.9. The molecule has 0 saturated heterocycles. The molecule has 0 spiro atoms. The number of amides is 2. The number of benzene rings is 2. The highest BCUT2D eigenvalue weighted by atomic mass is 35.5. The molecule has 0 heterocycles. The molecule has 1 atom stereocenters. The first-order chi connectivity index (χ1) is 14.5. The lowest BCUT2D eigenvalue weighted by molar-refractivity contribution is -0.139. The zero-order valence-electron chi connectivity index (χ0n) is 17.1. The third kappa shape index (κ3) is 6.32. The van der Waals surface area contributed by atoms with Crippen LogP contribution in [0.3, 0.4) is 0 Å². The predicted molar refractivity (Wildman–Crippen MR) is 119 cm³/mol. The molecule has 2 amide bonds. The third-order valence-electron chi connectivity index (χ3n) is 4.57. The summed E-state index contributed by atoms with van der Waals surface area (Å²) in [7, 11) is -2.55. The smallest absolute Gasteiger partial charge is 0.244 e. The zero-order chi connectivity index (χ0) is 23.3. The molecule has 2 rings (SSSR count). The van der Waals surface area contributed by atoms with Crippen LogP contribution in [-0.4, -0.2) is 51.0 Å². The van der Waals surface area contributed by atoms with E-state index in [1.54, 1.807) is 6.07 Å². The van der Waals surface area contributed by atoms with E-state index in [0.717, 1.165) is 15.5 Å². The molecular formula is C20H22Cl2FN3O4S. The molecule has 0 aliphatic heterocycles. The van der Waals surface area contributed by atoms with Gasteiger partial charge in [-0.05, 0) is 31.2 Å². The van der Waals surface area contributed by atoms with Crippen LogP contribution >= 0.6 is 23.2 Å². The van der Waals surface area contributed by atoms with Crippen molar-refractivity contribution in [3.8, 4) is 0 Å². The average molecular weight is 490 g/mol. The monoisotopic (exact) mass is 489 g/mol. The van der Waals surface area contributed by atoms with Crippen molar-refractivity contribution < 1.29 is 22.4 Å². The van der Waals surface area contributed by atoms with Gasteiger partial charge in [-0.15, -0.1) is 0 Å². The van der Waals surface area contributed by atoms with E-state index in [0.29, 0.717) is 0 Å². The van der Waals surface area contributed by atoms with Crippen LogP contribution in [-0.2, 0) is 26.2 Å². The van der Waals surface area contributed by atoms with Gasteiger partial charge in [0.25, 0.3) is 0 Å². The molecule has 2 aromatic carbocycles. The van der Waals surface area contributed by atoms with Crippen molar-refractivity contribution in [1.29, 1.82) is 0 Å². The molecule has 0 radical (unpaired) electrons. The van der Waals surface area contributed by atoms with Crippen molar-refractivity contribution in [2.75, 3.05) is 24.2 Å². The average Bonchev–Trinajstić information content (AvgIpc) is 2.71. The van der Waals surface area contributed by atoms with Crippen molar-refractivity contribution in [2.45, 2.75) is 19.5 Å². The number of carbonyl (C=O) groups is 2. The summed E-state index contributed by atoms with van der Waals surface area (Å²) in [6.45, 7) is 0.574. The van der Waals surface area contributed by atoms with E-state index in [2.05, 4.69) is 5.32 Å². The van der Waals surface area contributed by atoms with Gasteiger partial charge < -0.3 is 10.2 Å². The fourth-order valence-corrected chi connectivity index (χ4v) is 4.16. The predicted octanol–water partition coefficient (Wildman–Crippen LogP) is 3.06. The minimum absolute atomic E-state index is 0.0171. The van der Waals surface area contributed by atoms with E-state index >= 15 is 0 Å². The second kappa shape index (κ2) is 10.3. The number of rotatable bonds is 8. The maximum absolute atomic E-state index is 14.2. The molecule has 0 fully saturated rings. The Kier molecular flexibility index (Phi) is 8.27. The number of halogens is 3. The number of nitrogens with one attached hydrogen (secondary N) is 1. The Morgan fingerprint density at radius 2 is 1.81 bits per heavy atom. The molecular weight excluding hydrogens is 468 g/mol. The molecule has 2 aromatic rings. The highest BCUT2D eigenvalue weighted by Gasteiger charge is 2.31. The lowest BCUT2D eigenvalue weighted by Crippen LogP contribution is -2.50. The molecule has 0 bridgehead atoms. The van der Waals surface area contributed by atoms with Crippen LogP contribution in [0.1, 0.15) is 12.5 Å². The molecule has 0 aliphatic carbocycles. The fraction of sp³-hybridized carbons (Fsp3) is 0.300. The number of hydrogen-bond donors (Lipinski definition) is 1. The number of anilines is 1. The normalized spacial score (nSPS) is 12.2. The molecule has 0 saturated carbocycles. The van der Waals surface area contributed by atoms with Gasteiger partial charge in [0.2, 0.25) is 21.8 Å². The van der Waals surface area contributed by atoms with Crippen molar-refractivity contribution >= 4 is 50.7 Å². The summed E-state index contributed by atoms with van der Waals surface area (Å²) in [5.74, 6) is -1.76. The lowest BCUT2D eigenvalue weighted by atomic mass is 10.1. The van der Waals surface area contributed by atoms with Gasteiger partial charge in [0.05, 0.1) is 17.0 Å². The number of sulfonamides is 1. The fourth-order valence-electron chi connectivity index (χ4n) is 2.87. The number of carbonyl (C=O) groups excluding carboxylic acids is 2. The minimum atomic E-state index is -3.95. The maximum atomic E-state index is 14.2. The third-order valence-corrected chi connectivity index (χ3v) is 6.25. The van der Waals surface area contributed by atoms with Crippen molar-refractivity contribution in [3.05, 3.63) is 63.9 Å². The topological polar surface area (TPSA) is 86.8 Å². The Morgan fingerprint density at radius 3 is 2.39 bits per heavy atom. The maximum Gasteiger partial charge on any atom is 0.244 e. The van der Waals surface area contributed by atoms with Gasteiger partial charge in [-0.2, -0.15) is 0 Å². The van der Waals surface area contributed by atoms with Gasteiger partial charge in [-0.3, -0.25) is 13.9 Å². The number of nitrogens with zero attached hydrogens (tertiary/aromatic N) is 2. The molecule has 0 unspecified atom stereocenters. The Bertz CT molecular complexity index is 1080. The second-order valence-corrected chi connectivity index (χ2v) is 9.52. The second-order valence-electron chi connectivity index (χ2n) is 6.77. The first-order valence-corrected chi connectivity index (χ1v) is 11.7. The highest BCUT2D eigenvalue weighted by molar-refractivity contribution is 7.92. The largest absolute Gasteiger partial charge is 0.357 e. The molecule has 0 aliphatic rings. The summed E-state index contributed by atoms with van der Waals surface area (Å²) in [5.41, 5.74) is 0.196. The number of hydrogen-bond acceptors (Lipinski definition) is 4. The summed E-state index contributed by atoms with van der Waals surface area (Å²) in [6.07, 6.45) is 0.918. The minimum Gasteiger partial charge on any atom is -0.357 e. The van der Waals surface area contributed by atoms with E-state index in [1.165, 1.54) is 50.4 Å². The van der Waals surface area contributed by atoms with Gasteiger partial charge in [0.1, 0.15) is 18.4 Å². The van der Waals surface area contributed by atoms with E-state index < -0.39 is 40.2 Å². The zero-order valence-corrected chi connectivity index (χ0v) is 19.4. The van der Waals surface area contributed by atoms with Crippen LogP contribution < -0.4 is 9.62 Å². The standard InChI is InChI=1S/C20H22Cl2FN3O4S/c1-13(20(28)24-2)25(11-14-6-4-5-7-17(14)23)19(27)12-26(31(3,29)30)18-10-15(21)8-9-16(18)22/h4-10,13H,11-12H2,1-3H3,(H,24,28)/t13-/m0/s1. The Labute approximate surface area is 190 Å².